The first-order valence-electron chi connectivity index (χ1n) is 9.41. The lowest BCUT2D eigenvalue weighted by Gasteiger charge is -2.37. The van der Waals surface area contributed by atoms with Crippen molar-refractivity contribution in [2.45, 2.75) is 39.9 Å². The van der Waals surface area contributed by atoms with Crippen LogP contribution in [0.2, 0.25) is 0 Å². The van der Waals surface area contributed by atoms with E-state index < -0.39 is 0 Å². The molecule has 0 spiro atoms. The van der Waals surface area contributed by atoms with Crippen molar-refractivity contribution in [2.24, 2.45) is 0 Å². The lowest BCUT2D eigenvalue weighted by Crippen LogP contribution is -2.47. The Bertz CT molecular complexity index is 776. The monoisotopic (exact) mass is 372 g/mol. The molecular weight excluding hydrogens is 344 g/mol. The molecule has 1 fully saturated rings. The van der Waals surface area contributed by atoms with Gasteiger partial charge in [0.1, 0.15) is 5.70 Å². The van der Waals surface area contributed by atoms with Crippen molar-refractivity contribution in [3.8, 4) is 0 Å². The van der Waals surface area contributed by atoms with Gasteiger partial charge < -0.3 is 14.4 Å². The molecule has 2 amide bonds. The van der Waals surface area contributed by atoms with Gasteiger partial charge in [0.2, 0.25) is 0 Å². The van der Waals surface area contributed by atoms with E-state index in [1.165, 1.54) is 4.90 Å². The molecule has 1 aromatic rings. The van der Waals surface area contributed by atoms with Crippen LogP contribution in [0, 0.1) is 13.8 Å². The van der Waals surface area contributed by atoms with Crippen LogP contribution in [-0.2, 0) is 19.1 Å². The third-order valence-electron chi connectivity index (χ3n) is 5.19. The molecule has 1 aromatic carbocycles. The van der Waals surface area contributed by atoms with Crippen LogP contribution in [0.25, 0.3) is 5.57 Å². The highest BCUT2D eigenvalue weighted by Crippen LogP contribution is 2.33. The number of morpholine rings is 1. The first kappa shape index (κ1) is 19.6. The number of benzene rings is 1. The zero-order chi connectivity index (χ0) is 19.7. The second kappa shape index (κ2) is 7.82. The number of rotatable bonds is 5. The van der Waals surface area contributed by atoms with Gasteiger partial charge in [-0.05, 0) is 44.4 Å². The van der Waals surface area contributed by atoms with Crippen molar-refractivity contribution < 1.29 is 19.1 Å². The van der Waals surface area contributed by atoms with Crippen molar-refractivity contribution in [1.29, 1.82) is 0 Å². The smallest absolute Gasteiger partial charge is 0.277 e. The predicted octanol–water partition coefficient (Wildman–Crippen LogP) is 2.14. The first-order valence-corrected chi connectivity index (χ1v) is 9.41. The van der Waals surface area contributed by atoms with Crippen LogP contribution in [0.15, 0.2) is 23.9 Å². The van der Waals surface area contributed by atoms with Gasteiger partial charge in [0.15, 0.2) is 0 Å². The Morgan fingerprint density at radius 1 is 1.07 bits per heavy atom. The summed E-state index contributed by atoms with van der Waals surface area (Å²) in [4.78, 5) is 29.7. The van der Waals surface area contributed by atoms with E-state index in [1.807, 2.05) is 50.8 Å². The molecule has 27 heavy (non-hydrogen) atoms. The van der Waals surface area contributed by atoms with Crippen molar-refractivity contribution >= 4 is 17.4 Å². The molecule has 2 aliphatic rings. The minimum atomic E-state index is -0.248. The van der Waals surface area contributed by atoms with Gasteiger partial charge in [-0.3, -0.25) is 14.5 Å². The molecule has 0 bridgehead atoms. The van der Waals surface area contributed by atoms with E-state index >= 15 is 0 Å². The van der Waals surface area contributed by atoms with Crippen LogP contribution in [0.5, 0.6) is 0 Å². The standard InChI is InChI=1S/C21H28N2O4/c1-13-6-7-17(10-14(13)2)18-19(22-11-15(3)27-16(4)12-22)21(25)23(20(18)24)8-9-26-5/h6-7,10,15-16H,8-9,11-12H2,1-5H3. The van der Waals surface area contributed by atoms with Gasteiger partial charge in [0.05, 0.1) is 30.9 Å². The molecule has 0 aliphatic carbocycles. The maximum Gasteiger partial charge on any atom is 0.277 e. The SMILES string of the molecule is COCCN1C(=O)C(c2ccc(C)c(C)c2)=C(N2CC(C)OC(C)C2)C1=O. The van der Waals surface area contributed by atoms with Gasteiger partial charge in [-0.25, -0.2) is 0 Å². The molecule has 3 rings (SSSR count). The van der Waals surface area contributed by atoms with E-state index in [1.54, 1.807) is 7.11 Å². The molecule has 6 nitrogen and oxygen atoms in total. The van der Waals surface area contributed by atoms with Crippen LogP contribution in [-0.4, -0.2) is 67.2 Å². The molecule has 2 atom stereocenters. The molecule has 2 aliphatic heterocycles. The number of carbonyl (C=O) groups excluding carboxylic acids is 2. The number of amides is 2. The van der Waals surface area contributed by atoms with Crippen LogP contribution in [0.1, 0.15) is 30.5 Å². The molecule has 0 aromatic heterocycles. The second-order valence-corrected chi connectivity index (χ2v) is 7.44. The predicted molar refractivity (Wildman–Crippen MR) is 103 cm³/mol. The van der Waals surface area contributed by atoms with E-state index in [4.69, 9.17) is 9.47 Å². The van der Waals surface area contributed by atoms with Gasteiger partial charge in [-0.2, -0.15) is 0 Å². The van der Waals surface area contributed by atoms with Crippen LogP contribution in [0.3, 0.4) is 0 Å². The summed E-state index contributed by atoms with van der Waals surface area (Å²) in [7, 11) is 1.56. The average molecular weight is 372 g/mol. The number of imide groups is 1. The fourth-order valence-electron chi connectivity index (χ4n) is 3.76. The highest BCUT2D eigenvalue weighted by atomic mass is 16.5. The molecule has 2 unspecified atom stereocenters. The summed E-state index contributed by atoms with van der Waals surface area (Å²) in [5.41, 5.74) is 4.02. The van der Waals surface area contributed by atoms with Crippen molar-refractivity contribution in [3.63, 3.8) is 0 Å². The second-order valence-electron chi connectivity index (χ2n) is 7.44. The molecule has 1 saturated heterocycles. The van der Waals surface area contributed by atoms with E-state index in [0.717, 1.165) is 16.7 Å². The van der Waals surface area contributed by atoms with E-state index in [2.05, 4.69) is 0 Å². The number of methoxy groups -OCH3 is 1. The summed E-state index contributed by atoms with van der Waals surface area (Å²) in [5.74, 6) is -0.492. The molecule has 0 N–H and O–H groups in total. The van der Waals surface area contributed by atoms with Crippen LogP contribution < -0.4 is 0 Å². The lowest BCUT2D eigenvalue weighted by molar-refractivity contribution is -0.139. The van der Waals surface area contributed by atoms with Crippen LogP contribution >= 0.6 is 0 Å². The summed E-state index contributed by atoms with van der Waals surface area (Å²) >= 11 is 0. The Hall–Kier alpha value is -2.18. The highest BCUT2D eigenvalue weighted by Gasteiger charge is 2.42. The van der Waals surface area contributed by atoms with E-state index in [0.29, 0.717) is 31.0 Å². The van der Waals surface area contributed by atoms with Gasteiger partial charge in [-0.1, -0.05) is 18.2 Å². The number of ether oxygens (including phenoxy) is 2. The highest BCUT2D eigenvalue weighted by molar-refractivity contribution is 6.35. The number of nitrogens with zero attached hydrogens (tertiary/aromatic N) is 2. The number of hydrogen-bond donors (Lipinski definition) is 0. The summed E-state index contributed by atoms with van der Waals surface area (Å²) in [5, 5.41) is 0. The number of carbonyl (C=O) groups is 2. The Labute approximate surface area is 160 Å². The minimum absolute atomic E-state index is 0.00168. The molecule has 6 heteroatoms. The van der Waals surface area contributed by atoms with Gasteiger partial charge in [-0.15, -0.1) is 0 Å². The summed E-state index contributed by atoms with van der Waals surface area (Å²) in [6.45, 7) is 9.78. The maximum absolute atomic E-state index is 13.2. The summed E-state index contributed by atoms with van der Waals surface area (Å²) in [6.07, 6.45) is -0.00337. The molecule has 2 heterocycles. The topological polar surface area (TPSA) is 59.1 Å². The number of aryl methyl sites for hydroxylation is 2. The van der Waals surface area contributed by atoms with E-state index in [9.17, 15) is 9.59 Å². The zero-order valence-electron chi connectivity index (χ0n) is 16.7. The molecule has 0 radical (unpaired) electrons. The van der Waals surface area contributed by atoms with Crippen molar-refractivity contribution in [3.05, 3.63) is 40.6 Å². The normalized spacial score (nSPS) is 23.6. The third-order valence-corrected chi connectivity index (χ3v) is 5.19. The van der Waals surface area contributed by atoms with E-state index in [-0.39, 0.29) is 30.6 Å². The first-order chi connectivity index (χ1) is 12.8. The molecule has 0 saturated carbocycles. The quantitative estimate of drug-likeness (QED) is 0.741. The van der Waals surface area contributed by atoms with Crippen LogP contribution in [0.4, 0.5) is 0 Å². The third kappa shape index (κ3) is 3.77. The Morgan fingerprint density at radius 2 is 1.74 bits per heavy atom. The van der Waals surface area contributed by atoms with Crippen molar-refractivity contribution in [2.75, 3.05) is 33.4 Å². The fourth-order valence-corrected chi connectivity index (χ4v) is 3.76. The molecular formula is C21H28N2O4. The Kier molecular flexibility index (Phi) is 5.67. The molecule has 146 valence electrons. The zero-order valence-corrected chi connectivity index (χ0v) is 16.7. The Balaban J connectivity index is 2.07. The van der Waals surface area contributed by atoms with Crippen molar-refractivity contribution in [1.82, 2.24) is 9.80 Å². The number of hydrogen-bond acceptors (Lipinski definition) is 5. The Morgan fingerprint density at radius 3 is 2.33 bits per heavy atom. The summed E-state index contributed by atoms with van der Waals surface area (Å²) in [6, 6.07) is 5.91. The van der Waals surface area contributed by atoms with Gasteiger partial charge in [0, 0.05) is 20.2 Å². The summed E-state index contributed by atoms with van der Waals surface area (Å²) < 4.78 is 10.9. The fraction of sp³-hybridized carbons (Fsp3) is 0.524. The maximum atomic E-state index is 13.2. The lowest BCUT2D eigenvalue weighted by atomic mass is 9.99. The average Bonchev–Trinajstić information content (AvgIpc) is 2.85. The van der Waals surface area contributed by atoms with Gasteiger partial charge >= 0.3 is 0 Å². The largest absolute Gasteiger partial charge is 0.383 e. The van der Waals surface area contributed by atoms with Gasteiger partial charge in [0.25, 0.3) is 11.8 Å². The minimum Gasteiger partial charge on any atom is -0.383 e.